The van der Waals surface area contributed by atoms with Gasteiger partial charge in [-0.1, -0.05) is 13.0 Å². The molecule has 0 aromatic carbocycles. The van der Waals surface area contributed by atoms with Crippen molar-refractivity contribution in [3.05, 3.63) is 47.8 Å². The van der Waals surface area contributed by atoms with Crippen molar-refractivity contribution in [2.75, 3.05) is 6.54 Å². The zero-order valence-corrected chi connectivity index (χ0v) is 12.6. The van der Waals surface area contributed by atoms with Gasteiger partial charge in [0.15, 0.2) is 0 Å². The third-order valence-corrected chi connectivity index (χ3v) is 3.47. The van der Waals surface area contributed by atoms with Crippen molar-refractivity contribution in [2.45, 2.75) is 46.2 Å². The molecule has 2 heterocycles. The van der Waals surface area contributed by atoms with Crippen LogP contribution in [-0.2, 0) is 13.0 Å². The fraction of sp³-hybridized carbons (Fsp3) is 0.500. The molecule has 0 saturated carbocycles. The minimum absolute atomic E-state index is 0.273. The van der Waals surface area contributed by atoms with Gasteiger partial charge >= 0.3 is 0 Å². The van der Waals surface area contributed by atoms with Crippen molar-refractivity contribution in [1.29, 1.82) is 0 Å². The van der Waals surface area contributed by atoms with Crippen molar-refractivity contribution in [3.8, 4) is 0 Å². The predicted octanol–water partition coefficient (Wildman–Crippen LogP) is 2.89. The van der Waals surface area contributed by atoms with Gasteiger partial charge in [0.2, 0.25) is 0 Å². The van der Waals surface area contributed by atoms with E-state index in [2.05, 4.69) is 46.7 Å². The molecule has 0 aliphatic carbocycles. The first-order valence-corrected chi connectivity index (χ1v) is 7.39. The molecule has 0 spiro atoms. The van der Waals surface area contributed by atoms with Crippen molar-refractivity contribution < 1.29 is 0 Å². The molecule has 0 amide bonds. The van der Waals surface area contributed by atoms with Crippen LogP contribution in [0.15, 0.2) is 30.9 Å². The quantitative estimate of drug-likeness (QED) is 0.842. The monoisotopic (exact) mass is 272 g/mol. The second-order valence-electron chi connectivity index (χ2n) is 5.14. The minimum Gasteiger partial charge on any atom is -0.335 e. The molecule has 1 N–H and O–H groups in total. The number of nitrogens with zero attached hydrogens (tertiary/aromatic N) is 3. The normalized spacial score (nSPS) is 12.6. The summed E-state index contributed by atoms with van der Waals surface area (Å²) < 4.78 is 2.20. The van der Waals surface area contributed by atoms with Gasteiger partial charge in [-0.15, -0.1) is 0 Å². The highest BCUT2D eigenvalue weighted by atomic mass is 15.1. The van der Waals surface area contributed by atoms with E-state index >= 15 is 0 Å². The SMILES string of the molecule is CCCNC(Cc1nccn1CC)c1cncc(C)c1. The van der Waals surface area contributed by atoms with Gasteiger partial charge in [0.1, 0.15) is 5.82 Å². The van der Waals surface area contributed by atoms with Gasteiger partial charge in [-0.2, -0.15) is 0 Å². The van der Waals surface area contributed by atoms with Crippen molar-refractivity contribution in [2.24, 2.45) is 0 Å². The van der Waals surface area contributed by atoms with Crippen molar-refractivity contribution in [3.63, 3.8) is 0 Å². The van der Waals surface area contributed by atoms with E-state index < -0.39 is 0 Å². The lowest BCUT2D eigenvalue weighted by Crippen LogP contribution is -2.25. The average molecular weight is 272 g/mol. The zero-order valence-electron chi connectivity index (χ0n) is 12.6. The van der Waals surface area contributed by atoms with E-state index in [0.717, 1.165) is 31.8 Å². The maximum Gasteiger partial charge on any atom is 0.110 e. The standard InChI is InChI=1S/C16H24N4/c1-4-6-18-15(14-9-13(3)11-17-12-14)10-16-19-7-8-20(16)5-2/h7-9,11-12,15,18H,4-6,10H2,1-3H3. The molecule has 0 aliphatic heterocycles. The number of hydrogen-bond acceptors (Lipinski definition) is 3. The highest BCUT2D eigenvalue weighted by Crippen LogP contribution is 2.18. The molecule has 1 atom stereocenters. The Bertz CT molecular complexity index is 533. The Morgan fingerprint density at radius 1 is 1.30 bits per heavy atom. The lowest BCUT2D eigenvalue weighted by atomic mass is 10.0. The summed E-state index contributed by atoms with van der Waals surface area (Å²) in [4.78, 5) is 8.80. The van der Waals surface area contributed by atoms with E-state index in [9.17, 15) is 0 Å². The van der Waals surface area contributed by atoms with Gasteiger partial charge in [-0.05, 0) is 37.9 Å². The fourth-order valence-electron chi connectivity index (χ4n) is 2.40. The molecule has 2 rings (SSSR count). The van der Waals surface area contributed by atoms with Crippen molar-refractivity contribution in [1.82, 2.24) is 19.9 Å². The van der Waals surface area contributed by atoms with Gasteiger partial charge in [-0.25, -0.2) is 4.98 Å². The smallest absolute Gasteiger partial charge is 0.110 e. The largest absolute Gasteiger partial charge is 0.335 e. The first kappa shape index (κ1) is 14.7. The highest BCUT2D eigenvalue weighted by molar-refractivity contribution is 5.21. The summed E-state index contributed by atoms with van der Waals surface area (Å²) in [6.07, 6.45) is 9.79. The van der Waals surface area contributed by atoms with Gasteiger partial charge in [0.05, 0.1) is 0 Å². The van der Waals surface area contributed by atoms with E-state index in [0.29, 0.717) is 0 Å². The molecule has 4 nitrogen and oxygen atoms in total. The van der Waals surface area contributed by atoms with E-state index in [-0.39, 0.29) is 6.04 Å². The Morgan fingerprint density at radius 2 is 2.15 bits per heavy atom. The van der Waals surface area contributed by atoms with Crippen LogP contribution in [0.2, 0.25) is 0 Å². The Kier molecular flexibility index (Phi) is 5.30. The van der Waals surface area contributed by atoms with E-state index in [1.165, 1.54) is 11.1 Å². The Labute approximate surface area is 121 Å². The van der Waals surface area contributed by atoms with E-state index in [4.69, 9.17) is 0 Å². The van der Waals surface area contributed by atoms with Crippen LogP contribution in [0.1, 0.15) is 43.3 Å². The lowest BCUT2D eigenvalue weighted by Gasteiger charge is -2.19. The molecule has 0 radical (unpaired) electrons. The number of hydrogen-bond donors (Lipinski definition) is 1. The topological polar surface area (TPSA) is 42.7 Å². The molecule has 2 aromatic rings. The van der Waals surface area contributed by atoms with Crippen LogP contribution in [-0.4, -0.2) is 21.1 Å². The lowest BCUT2D eigenvalue weighted by molar-refractivity contribution is 0.505. The summed E-state index contributed by atoms with van der Waals surface area (Å²) in [7, 11) is 0. The fourth-order valence-corrected chi connectivity index (χ4v) is 2.40. The van der Waals surface area contributed by atoms with Gasteiger partial charge in [0.25, 0.3) is 0 Å². The molecule has 0 fully saturated rings. The molecule has 0 aliphatic rings. The van der Waals surface area contributed by atoms with Crippen LogP contribution in [0, 0.1) is 6.92 Å². The molecular weight excluding hydrogens is 248 g/mol. The molecule has 20 heavy (non-hydrogen) atoms. The second-order valence-corrected chi connectivity index (χ2v) is 5.14. The molecule has 4 heteroatoms. The summed E-state index contributed by atoms with van der Waals surface area (Å²) in [6.45, 7) is 8.38. The first-order valence-electron chi connectivity index (χ1n) is 7.39. The Morgan fingerprint density at radius 3 is 2.85 bits per heavy atom. The van der Waals surface area contributed by atoms with Crippen molar-refractivity contribution >= 4 is 0 Å². The third-order valence-electron chi connectivity index (χ3n) is 3.47. The molecule has 0 saturated heterocycles. The van der Waals surface area contributed by atoms with Crippen LogP contribution in [0.4, 0.5) is 0 Å². The number of pyridine rings is 1. The van der Waals surface area contributed by atoms with Crippen LogP contribution >= 0.6 is 0 Å². The molecule has 0 bridgehead atoms. The summed E-state index contributed by atoms with van der Waals surface area (Å²) in [5.74, 6) is 1.13. The molecular formula is C16H24N4. The summed E-state index contributed by atoms with van der Waals surface area (Å²) >= 11 is 0. The van der Waals surface area contributed by atoms with Crippen LogP contribution in [0.5, 0.6) is 0 Å². The minimum atomic E-state index is 0.273. The van der Waals surface area contributed by atoms with Crippen LogP contribution in [0.25, 0.3) is 0 Å². The summed E-state index contributed by atoms with van der Waals surface area (Å²) in [5, 5.41) is 3.61. The molecule has 108 valence electrons. The van der Waals surface area contributed by atoms with Crippen LogP contribution < -0.4 is 5.32 Å². The van der Waals surface area contributed by atoms with Gasteiger partial charge in [0, 0.05) is 43.8 Å². The number of imidazole rings is 1. The summed E-state index contributed by atoms with van der Waals surface area (Å²) in [6, 6.07) is 2.48. The average Bonchev–Trinajstić information content (AvgIpc) is 2.90. The second kappa shape index (κ2) is 7.20. The summed E-state index contributed by atoms with van der Waals surface area (Å²) in [5.41, 5.74) is 2.44. The van der Waals surface area contributed by atoms with E-state index in [1.807, 2.05) is 24.8 Å². The van der Waals surface area contributed by atoms with Gasteiger partial charge in [-0.3, -0.25) is 4.98 Å². The number of nitrogens with one attached hydrogen (secondary N) is 1. The van der Waals surface area contributed by atoms with Gasteiger partial charge < -0.3 is 9.88 Å². The van der Waals surface area contributed by atoms with Crippen LogP contribution in [0.3, 0.4) is 0 Å². The first-order chi connectivity index (χ1) is 9.74. The number of rotatable bonds is 7. The van der Waals surface area contributed by atoms with E-state index in [1.54, 1.807) is 0 Å². The maximum absolute atomic E-state index is 4.49. The molecule has 1 unspecified atom stereocenters. The maximum atomic E-state index is 4.49. The number of aryl methyl sites for hydroxylation is 2. The number of aromatic nitrogens is 3. The predicted molar refractivity (Wildman–Crippen MR) is 81.6 cm³/mol. The molecule has 2 aromatic heterocycles. The third kappa shape index (κ3) is 3.67. The Hall–Kier alpha value is -1.68. The Balaban J connectivity index is 2.19. The zero-order chi connectivity index (χ0) is 14.4. The highest BCUT2D eigenvalue weighted by Gasteiger charge is 2.15.